The lowest BCUT2D eigenvalue weighted by molar-refractivity contribution is 0.509. The molecular weight excluding hydrogens is 288 g/mol. The first-order chi connectivity index (χ1) is 9.29. The van der Waals surface area contributed by atoms with Gasteiger partial charge in [0, 0.05) is 18.3 Å². The molecule has 5 nitrogen and oxygen atoms in total. The maximum atomic E-state index is 13.0. The highest BCUT2D eigenvalue weighted by molar-refractivity contribution is 7.92. The highest BCUT2D eigenvalue weighted by atomic mass is 32.2. The Bertz CT molecular complexity index is 726. The smallest absolute Gasteiger partial charge is 0.265 e. The summed E-state index contributed by atoms with van der Waals surface area (Å²) in [5.41, 5.74) is -0.0544. The van der Waals surface area contributed by atoms with Gasteiger partial charge >= 0.3 is 0 Å². The molecule has 8 heteroatoms. The van der Waals surface area contributed by atoms with Gasteiger partial charge < -0.3 is 0 Å². The molecule has 1 aromatic carbocycles. The Kier molecular flexibility index (Phi) is 3.76. The molecule has 0 radical (unpaired) electrons. The van der Waals surface area contributed by atoms with Gasteiger partial charge in [-0.1, -0.05) is 0 Å². The number of hydrogen-bond donors (Lipinski definition) is 1. The molecule has 0 bridgehead atoms. The van der Waals surface area contributed by atoms with Crippen molar-refractivity contribution in [2.45, 2.75) is 24.8 Å². The number of aromatic nitrogens is 2. The average molecular weight is 301 g/mol. The van der Waals surface area contributed by atoms with Gasteiger partial charge in [0.25, 0.3) is 10.0 Å². The molecule has 1 N–H and O–H groups in total. The summed E-state index contributed by atoms with van der Waals surface area (Å²) in [6, 6.07) is 2.79. The fourth-order valence-electron chi connectivity index (χ4n) is 1.52. The summed E-state index contributed by atoms with van der Waals surface area (Å²) in [7, 11) is -3.88. The minimum atomic E-state index is -3.88. The molecule has 0 spiro atoms. The second-order valence-electron chi connectivity index (χ2n) is 4.48. The molecule has 20 heavy (non-hydrogen) atoms. The Morgan fingerprint density at radius 1 is 1.25 bits per heavy atom. The normalized spacial score (nSPS) is 11.8. The van der Waals surface area contributed by atoms with E-state index < -0.39 is 21.7 Å². The Hall–Kier alpha value is -1.96. The van der Waals surface area contributed by atoms with E-state index in [9.17, 15) is 17.2 Å². The highest BCUT2D eigenvalue weighted by Crippen LogP contribution is 2.18. The maximum Gasteiger partial charge on any atom is 0.265 e. The predicted molar refractivity (Wildman–Crippen MR) is 69.8 cm³/mol. The standard InChI is InChI=1S/C12H13F2N3O2S/c1-8(2)17-7-10(6-15-17)20(18,19)16-9-3-4-11(13)12(14)5-9/h3-8,16H,1-2H3. The van der Waals surface area contributed by atoms with Crippen molar-refractivity contribution >= 4 is 15.7 Å². The van der Waals surface area contributed by atoms with E-state index in [1.807, 2.05) is 13.8 Å². The first-order valence-electron chi connectivity index (χ1n) is 5.81. The lowest BCUT2D eigenvalue weighted by Crippen LogP contribution is -2.12. The van der Waals surface area contributed by atoms with Crippen LogP contribution in [0.5, 0.6) is 0 Å². The molecule has 2 aromatic rings. The minimum absolute atomic E-state index is 0.0159. The summed E-state index contributed by atoms with van der Waals surface area (Å²) >= 11 is 0. The summed E-state index contributed by atoms with van der Waals surface area (Å²) in [6.07, 6.45) is 2.56. The zero-order valence-corrected chi connectivity index (χ0v) is 11.7. The number of halogens is 2. The second-order valence-corrected chi connectivity index (χ2v) is 6.17. The Morgan fingerprint density at radius 2 is 1.95 bits per heavy atom. The molecule has 0 aliphatic carbocycles. The number of rotatable bonds is 4. The van der Waals surface area contributed by atoms with E-state index in [1.165, 1.54) is 17.1 Å². The van der Waals surface area contributed by atoms with Gasteiger partial charge in [-0.15, -0.1) is 0 Å². The molecule has 1 heterocycles. The summed E-state index contributed by atoms with van der Waals surface area (Å²) in [4.78, 5) is -0.0454. The number of anilines is 1. The molecule has 0 saturated heterocycles. The number of benzene rings is 1. The number of sulfonamides is 1. The number of nitrogens with one attached hydrogen (secondary N) is 1. The predicted octanol–water partition coefficient (Wildman–Crippen LogP) is 2.54. The molecule has 108 valence electrons. The third-order valence-electron chi connectivity index (χ3n) is 2.59. The van der Waals surface area contributed by atoms with Crippen LogP contribution in [-0.2, 0) is 10.0 Å². The van der Waals surface area contributed by atoms with E-state index in [1.54, 1.807) is 0 Å². The van der Waals surface area contributed by atoms with Crippen molar-refractivity contribution in [1.82, 2.24) is 9.78 Å². The van der Waals surface area contributed by atoms with Crippen molar-refractivity contribution in [2.24, 2.45) is 0 Å². The first-order valence-corrected chi connectivity index (χ1v) is 7.30. The van der Waals surface area contributed by atoms with Gasteiger partial charge in [-0.05, 0) is 26.0 Å². The van der Waals surface area contributed by atoms with Crippen LogP contribution in [0.1, 0.15) is 19.9 Å². The van der Waals surface area contributed by atoms with Crippen LogP contribution in [-0.4, -0.2) is 18.2 Å². The van der Waals surface area contributed by atoms with Crippen LogP contribution in [0.4, 0.5) is 14.5 Å². The molecule has 0 fully saturated rings. The molecule has 0 unspecified atom stereocenters. The van der Waals surface area contributed by atoms with Crippen molar-refractivity contribution in [3.8, 4) is 0 Å². The van der Waals surface area contributed by atoms with Crippen LogP contribution < -0.4 is 4.72 Å². The molecule has 0 atom stereocenters. The zero-order chi connectivity index (χ0) is 14.9. The van der Waals surface area contributed by atoms with Crippen molar-refractivity contribution in [1.29, 1.82) is 0 Å². The minimum Gasteiger partial charge on any atom is -0.279 e. The van der Waals surface area contributed by atoms with Crippen molar-refractivity contribution < 1.29 is 17.2 Å². The van der Waals surface area contributed by atoms with Gasteiger partial charge in [0.05, 0.1) is 11.9 Å². The topological polar surface area (TPSA) is 64.0 Å². The summed E-state index contributed by atoms with van der Waals surface area (Å²) < 4.78 is 53.6. The summed E-state index contributed by atoms with van der Waals surface area (Å²) in [5.74, 6) is -2.16. The fraction of sp³-hybridized carbons (Fsp3) is 0.250. The average Bonchev–Trinajstić information content (AvgIpc) is 2.84. The SMILES string of the molecule is CC(C)n1cc(S(=O)(=O)Nc2ccc(F)c(F)c2)cn1. The van der Waals surface area contributed by atoms with Gasteiger partial charge in [0.2, 0.25) is 0 Å². The Labute approximate surface area is 115 Å². The molecular formula is C12H13F2N3O2S. The van der Waals surface area contributed by atoms with Crippen LogP contribution in [0, 0.1) is 11.6 Å². The Morgan fingerprint density at radius 3 is 2.50 bits per heavy atom. The maximum absolute atomic E-state index is 13.0. The van der Waals surface area contributed by atoms with Crippen molar-refractivity contribution in [2.75, 3.05) is 4.72 Å². The van der Waals surface area contributed by atoms with Gasteiger partial charge in [0.1, 0.15) is 4.90 Å². The second kappa shape index (κ2) is 5.20. The van der Waals surface area contributed by atoms with Gasteiger partial charge in [-0.25, -0.2) is 17.2 Å². The largest absolute Gasteiger partial charge is 0.279 e. The molecule has 0 aliphatic heterocycles. The van der Waals surface area contributed by atoms with E-state index >= 15 is 0 Å². The monoisotopic (exact) mass is 301 g/mol. The lowest BCUT2D eigenvalue weighted by Gasteiger charge is -2.07. The molecule has 0 aliphatic rings. The fourth-order valence-corrected chi connectivity index (χ4v) is 2.50. The Balaban J connectivity index is 2.28. The van der Waals surface area contributed by atoms with E-state index in [-0.39, 0.29) is 16.6 Å². The van der Waals surface area contributed by atoms with Crippen LogP contribution >= 0.6 is 0 Å². The van der Waals surface area contributed by atoms with E-state index in [4.69, 9.17) is 0 Å². The van der Waals surface area contributed by atoms with Crippen molar-refractivity contribution in [3.05, 3.63) is 42.2 Å². The van der Waals surface area contributed by atoms with Crippen molar-refractivity contribution in [3.63, 3.8) is 0 Å². The molecule has 0 saturated carbocycles. The van der Waals surface area contributed by atoms with Crippen LogP contribution in [0.2, 0.25) is 0 Å². The van der Waals surface area contributed by atoms with E-state index in [2.05, 4.69) is 9.82 Å². The third-order valence-corrected chi connectivity index (χ3v) is 3.92. The molecule has 1 aromatic heterocycles. The summed E-state index contributed by atoms with van der Waals surface area (Å²) in [5, 5.41) is 3.92. The third kappa shape index (κ3) is 2.96. The molecule has 0 amide bonds. The first kappa shape index (κ1) is 14.4. The molecule has 2 rings (SSSR count). The summed E-state index contributed by atoms with van der Waals surface area (Å²) in [6.45, 7) is 3.71. The van der Waals surface area contributed by atoms with Crippen LogP contribution in [0.3, 0.4) is 0 Å². The number of hydrogen-bond acceptors (Lipinski definition) is 3. The van der Waals surface area contributed by atoms with E-state index in [0.29, 0.717) is 0 Å². The van der Waals surface area contributed by atoms with Gasteiger partial charge in [-0.2, -0.15) is 5.10 Å². The lowest BCUT2D eigenvalue weighted by atomic mass is 10.3. The van der Waals surface area contributed by atoms with Gasteiger partial charge in [-0.3, -0.25) is 9.40 Å². The highest BCUT2D eigenvalue weighted by Gasteiger charge is 2.18. The van der Waals surface area contributed by atoms with Crippen LogP contribution in [0.15, 0.2) is 35.5 Å². The van der Waals surface area contributed by atoms with Crippen LogP contribution in [0.25, 0.3) is 0 Å². The zero-order valence-electron chi connectivity index (χ0n) is 10.8. The number of nitrogens with zero attached hydrogens (tertiary/aromatic N) is 2. The quantitative estimate of drug-likeness (QED) is 0.944. The van der Waals surface area contributed by atoms with E-state index in [0.717, 1.165) is 18.2 Å². The van der Waals surface area contributed by atoms with Gasteiger partial charge in [0.15, 0.2) is 11.6 Å².